The van der Waals surface area contributed by atoms with Crippen LogP contribution >= 0.6 is 15.9 Å². The summed E-state index contributed by atoms with van der Waals surface area (Å²) in [6.07, 6.45) is 3.38. The molecular weight excluding hydrogens is 524 g/mol. The van der Waals surface area contributed by atoms with Gasteiger partial charge in [-0.3, -0.25) is 14.9 Å². The Kier molecular flexibility index (Phi) is 8.17. The van der Waals surface area contributed by atoms with Gasteiger partial charge in [-0.05, 0) is 60.5 Å². The van der Waals surface area contributed by atoms with Crippen molar-refractivity contribution < 1.29 is 23.9 Å². The topological polar surface area (TPSA) is 84.9 Å². The van der Waals surface area contributed by atoms with Crippen LogP contribution < -0.4 is 19.7 Å². The summed E-state index contributed by atoms with van der Waals surface area (Å²) in [5.74, 6) is -0.363. The number of urea groups is 1. The fourth-order valence-electron chi connectivity index (χ4n) is 3.57. The first-order chi connectivity index (χ1) is 17.5. The van der Waals surface area contributed by atoms with Gasteiger partial charge in [-0.2, -0.15) is 0 Å². The fraction of sp³-hybridized carbons (Fsp3) is 0.179. The Morgan fingerprint density at radius 1 is 0.944 bits per heavy atom. The van der Waals surface area contributed by atoms with E-state index in [1.54, 1.807) is 36.4 Å². The molecule has 8 heteroatoms. The number of unbranched alkanes of at least 4 members (excludes halogenated alkanes) is 1. The summed E-state index contributed by atoms with van der Waals surface area (Å²) in [6, 6.07) is 20.8. The first-order valence-electron chi connectivity index (χ1n) is 11.6. The number of rotatable bonds is 9. The van der Waals surface area contributed by atoms with E-state index in [-0.39, 0.29) is 5.57 Å². The molecule has 0 aromatic heterocycles. The van der Waals surface area contributed by atoms with Crippen LogP contribution in [0.15, 0.2) is 82.8 Å². The normalized spacial score (nSPS) is 14.7. The maximum absolute atomic E-state index is 13.3. The van der Waals surface area contributed by atoms with E-state index < -0.39 is 17.8 Å². The molecule has 1 N–H and O–H groups in total. The van der Waals surface area contributed by atoms with E-state index >= 15 is 0 Å². The predicted molar refractivity (Wildman–Crippen MR) is 141 cm³/mol. The summed E-state index contributed by atoms with van der Waals surface area (Å²) in [5.41, 5.74) is 1.64. The number of nitrogens with zero attached hydrogens (tertiary/aromatic N) is 1. The van der Waals surface area contributed by atoms with Gasteiger partial charge in [0, 0.05) is 10.0 Å². The maximum atomic E-state index is 13.3. The third-order valence-electron chi connectivity index (χ3n) is 5.47. The zero-order chi connectivity index (χ0) is 25.5. The molecular formula is C28H25BrN2O5. The summed E-state index contributed by atoms with van der Waals surface area (Å²) in [4.78, 5) is 39.5. The van der Waals surface area contributed by atoms with Gasteiger partial charge in [0.05, 0.1) is 12.3 Å². The van der Waals surface area contributed by atoms with E-state index in [4.69, 9.17) is 9.47 Å². The third kappa shape index (κ3) is 6.01. The highest BCUT2D eigenvalue weighted by Gasteiger charge is 2.37. The van der Waals surface area contributed by atoms with Crippen LogP contribution in [-0.2, 0) is 16.2 Å². The van der Waals surface area contributed by atoms with E-state index in [2.05, 4.69) is 28.2 Å². The van der Waals surface area contributed by atoms with Crippen LogP contribution in [0.5, 0.6) is 11.5 Å². The lowest BCUT2D eigenvalue weighted by Crippen LogP contribution is -2.54. The Balaban J connectivity index is 1.59. The Labute approximate surface area is 217 Å². The smallest absolute Gasteiger partial charge is 0.335 e. The van der Waals surface area contributed by atoms with E-state index in [0.717, 1.165) is 27.8 Å². The van der Waals surface area contributed by atoms with Gasteiger partial charge >= 0.3 is 6.03 Å². The number of carbonyl (C=O) groups excluding carboxylic acids is 3. The first-order valence-corrected chi connectivity index (χ1v) is 12.4. The molecule has 0 aliphatic carbocycles. The standard InChI is InChI=1S/C28H25BrN2O5/c1-2-3-15-35-23-12-10-22(11-13-23)31-27(33)24(26(32)30-28(31)34)17-20-16-21(29)9-14-25(20)36-18-19-7-5-4-6-8-19/h4-14,16-17H,2-3,15,18H2,1H3,(H,30,32,34)/b24-17-. The van der Waals surface area contributed by atoms with Gasteiger partial charge in [0.2, 0.25) is 0 Å². The number of hydrogen-bond acceptors (Lipinski definition) is 5. The van der Waals surface area contributed by atoms with Crippen LogP contribution in [-0.4, -0.2) is 24.5 Å². The maximum Gasteiger partial charge on any atom is 0.335 e. The molecule has 1 fully saturated rings. The molecule has 1 heterocycles. The summed E-state index contributed by atoms with van der Waals surface area (Å²) in [7, 11) is 0. The van der Waals surface area contributed by atoms with Gasteiger partial charge in [-0.1, -0.05) is 59.6 Å². The number of barbiturate groups is 1. The van der Waals surface area contributed by atoms with Crippen LogP contribution in [0.25, 0.3) is 6.08 Å². The lowest BCUT2D eigenvalue weighted by molar-refractivity contribution is -0.122. The number of nitrogens with one attached hydrogen (secondary N) is 1. The molecule has 1 aliphatic heterocycles. The van der Waals surface area contributed by atoms with E-state index in [0.29, 0.717) is 36.0 Å². The summed E-state index contributed by atoms with van der Waals surface area (Å²) >= 11 is 3.43. The Morgan fingerprint density at radius 3 is 2.42 bits per heavy atom. The third-order valence-corrected chi connectivity index (χ3v) is 5.97. The second-order valence-electron chi connectivity index (χ2n) is 8.11. The van der Waals surface area contributed by atoms with Crippen molar-refractivity contribution in [2.75, 3.05) is 11.5 Å². The molecule has 0 radical (unpaired) electrons. The number of hydrogen-bond donors (Lipinski definition) is 1. The Morgan fingerprint density at radius 2 is 1.69 bits per heavy atom. The molecule has 0 atom stereocenters. The van der Waals surface area contributed by atoms with Gasteiger partial charge in [0.15, 0.2) is 0 Å². The van der Waals surface area contributed by atoms with Crippen LogP contribution in [0.2, 0.25) is 0 Å². The van der Waals surface area contributed by atoms with Crippen molar-refractivity contribution in [1.82, 2.24) is 5.32 Å². The second kappa shape index (κ2) is 11.7. The molecule has 36 heavy (non-hydrogen) atoms. The summed E-state index contributed by atoms with van der Waals surface area (Å²) < 4.78 is 12.4. The minimum absolute atomic E-state index is 0.180. The lowest BCUT2D eigenvalue weighted by Gasteiger charge is -2.26. The number of benzene rings is 3. The van der Waals surface area contributed by atoms with Gasteiger partial charge in [-0.15, -0.1) is 0 Å². The highest BCUT2D eigenvalue weighted by molar-refractivity contribution is 9.10. The molecule has 1 aliphatic rings. The summed E-state index contributed by atoms with van der Waals surface area (Å²) in [6.45, 7) is 2.98. The number of halogens is 1. The molecule has 3 aromatic rings. The molecule has 0 unspecified atom stereocenters. The van der Waals surface area contributed by atoms with Gasteiger partial charge in [0.25, 0.3) is 11.8 Å². The largest absolute Gasteiger partial charge is 0.494 e. The monoisotopic (exact) mass is 548 g/mol. The fourth-order valence-corrected chi connectivity index (χ4v) is 3.95. The van der Waals surface area contributed by atoms with Crippen molar-refractivity contribution in [3.8, 4) is 11.5 Å². The molecule has 0 saturated carbocycles. The van der Waals surface area contributed by atoms with Gasteiger partial charge in [0.1, 0.15) is 23.7 Å². The first kappa shape index (κ1) is 25.2. The number of ether oxygens (including phenoxy) is 2. The molecule has 184 valence electrons. The van der Waals surface area contributed by atoms with Crippen molar-refractivity contribution in [1.29, 1.82) is 0 Å². The molecule has 3 aromatic carbocycles. The summed E-state index contributed by atoms with van der Waals surface area (Å²) in [5, 5.41) is 2.25. The van der Waals surface area contributed by atoms with Gasteiger partial charge in [-0.25, -0.2) is 9.69 Å². The molecule has 4 amide bonds. The number of imide groups is 2. The van der Waals surface area contributed by atoms with Crippen LogP contribution in [0.4, 0.5) is 10.5 Å². The van der Waals surface area contributed by atoms with E-state index in [9.17, 15) is 14.4 Å². The molecule has 4 rings (SSSR count). The average Bonchev–Trinajstić information content (AvgIpc) is 2.87. The molecule has 7 nitrogen and oxygen atoms in total. The lowest BCUT2D eigenvalue weighted by atomic mass is 10.1. The molecule has 0 bridgehead atoms. The highest BCUT2D eigenvalue weighted by atomic mass is 79.9. The average molecular weight is 549 g/mol. The zero-order valence-corrected chi connectivity index (χ0v) is 21.3. The minimum atomic E-state index is -0.809. The van der Waals surface area contributed by atoms with Crippen LogP contribution in [0, 0.1) is 0 Å². The Bertz CT molecular complexity index is 1290. The van der Waals surface area contributed by atoms with E-state index in [1.165, 1.54) is 6.08 Å². The predicted octanol–water partition coefficient (Wildman–Crippen LogP) is 5.87. The van der Waals surface area contributed by atoms with Gasteiger partial charge < -0.3 is 9.47 Å². The van der Waals surface area contributed by atoms with Crippen molar-refractivity contribution in [3.63, 3.8) is 0 Å². The van der Waals surface area contributed by atoms with Crippen molar-refractivity contribution in [3.05, 3.63) is 94.0 Å². The SMILES string of the molecule is CCCCOc1ccc(N2C(=O)NC(=O)/C(=C/c3cc(Br)ccc3OCc3ccccc3)C2=O)cc1. The Hall–Kier alpha value is -3.91. The number of anilines is 1. The minimum Gasteiger partial charge on any atom is -0.494 e. The number of amides is 4. The molecule has 1 saturated heterocycles. The van der Waals surface area contributed by atoms with Crippen molar-refractivity contribution >= 4 is 45.5 Å². The zero-order valence-electron chi connectivity index (χ0n) is 19.7. The number of carbonyl (C=O) groups is 3. The van der Waals surface area contributed by atoms with Crippen molar-refractivity contribution in [2.24, 2.45) is 0 Å². The molecule has 0 spiro atoms. The van der Waals surface area contributed by atoms with Crippen LogP contribution in [0.3, 0.4) is 0 Å². The highest BCUT2D eigenvalue weighted by Crippen LogP contribution is 2.29. The second-order valence-corrected chi connectivity index (χ2v) is 9.03. The quantitative estimate of drug-likeness (QED) is 0.205. The van der Waals surface area contributed by atoms with Crippen molar-refractivity contribution in [2.45, 2.75) is 26.4 Å². The van der Waals surface area contributed by atoms with E-state index in [1.807, 2.05) is 36.4 Å². The van der Waals surface area contributed by atoms with Crippen LogP contribution in [0.1, 0.15) is 30.9 Å².